The van der Waals surface area contributed by atoms with E-state index in [0.29, 0.717) is 11.1 Å². The fourth-order valence-electron chi connectivity index (χ4n) is 2.37. The van der Waals surface area contributed by atoms with Crippen LogP contribution in [0.3, 0.4) is 0 Å². The fourth-order valence-corrected chi connectivity index (χ4v) is 2.37. The summed E-state index contributed by atoms with van der Waals surface area (Å²) >= 11 is 0. The standard InChI is InChI=1S/C14H13N3O3/c1-9-8-12(18)17(15-9)7-6-16-13(19)10-4-2-3-5-11(10)14(16)20/h2-5,8,15H,6-7H2,1H3. The summed E-state index contributed by atoms with van der Waals surface area (Å²) in [6.07, 6.45) is 0. The molecule has 20 heavy (non-hydrogen) atoms. The van der Waals surface area contributed by atoms with Crippen LogP contribution < -0.4 is 5.56 Å². The van der Waals surface area contributed by atoms with E-state index in [0.717, 1.165) is 5.69 Å². The van der Waals surface area contributed by atoms with Gasteiger partial charge >= 0.3 is 0 Å². The third-order valence-electron chi connectivity index (χ3n) is 3.34. The number of hydrogen-bond donors (Lipinski definition) is 1. The third kappa shape index (κ3) is 1.85. The topological polar surface area (TPSA) is 75.2 Å². The molecule has 6 heteroatoms. The summed E-state index contributed by atoms with van der Waals surface area (Å²) < 4.78 is 1.39. The second-order valence-electron chi connectivity index (χ2n) is 4.74. The normalized spacial score (nSPS) is 13.9. The number of fused-ring (bicyclic) bond motifs is 1. The van der Waals surface area contributed by atoms with Crippen molar-refractivity contribution in [2.75, 3.05) is 6.54 Å². The van der Waals surface area contributed by atoms with Crippen LogP contribution in [0, 0.1) is 6.92 Å². The maximum Gasteiger partial charge on any atom is 0.266 e. The third-order valence-corrected chi connectivity index (χ3v) is 3.34. The molecule has 1 aromatic heterocycles. The van der Waals surface area contributed by atoms with E-state index < -0.39 is 0 Å². The monoisotopic (exact) mass is 271 g/mol. The molecule has 0 saturated heterocycles. The molecule has 0 bridgehead atoms. The smallest absolute Gasteiger partial charge is 0.266 e. The van der Waals surface area contributed by atoms with E-state index in [2.05, 4.69) is 5.10 Å². The van der Waals surface area contributed by atoms with Crippen molar-refractivity contribution in [2.45, 2.75) is 13.5 Å². The van der Waals surface area contributed by atoms with Gasteiger partial charge in [0.1, 0.15) is 0 Å². The summed E-state index contributed by atoms with van der Waals surface area (Å²) in [5, 5.41) is 2.87. The fraction of sp³-hybridized carbons (Fsp3) is 0.214. The number of benzene rings is 1. The van der Waals surface area contributed by atoms with Crippen LogP contribution in [-0.4, -0.2) is 33.0 Å². The largest absolute Gasteiger partial charge is 0.300 e. The van der Waals surface area contributed by atoms with Gasteiger partial charge in [0, 0.05) is 18.3 Å². The number of nitrogens with one attached hydrogen (secondary N) is 1. The van der Waals surface area contributed by atoms with Crippen molar-refractivity contribution in [1.82, 2.24) is 14.7 Å². The van der Waals surface area contributed by atoms with E-state index in [1.54, 1.807) is 31.2 Å². The molecule has 2 amide bonds. The minimum atomic E-state index is -0.304. The molecule has 2 aromatic rings. The van der Waals surface area contributed by atoms with E-state index in [9.17, 15) is 14.4 Å². The Morgan fingerprint density at radius 3 is 2.10 bits per heavy atom. The maximum atomic E-state index is 12.1. The first kappa shape index (κ1) is 12.4. The van der Waals surface area contributed by atoms with Gasteiger partial charge in [0.05, 0.1) is 17.7 Å². The predicted octanol–water partition coefficient (Wildman–Crippen LogP) is 0.781. The lowest BCUT2D eigenvalue weighted by Crippen LogP contribution is -2.34. The number of aryl methyl sites for hydroxylation is 1. The summed E-state index contributed by atoms with van der Waals surface area (Å²) in [5.74, 6) is -0.608. The van der Waals surface area contributed by atoms with Gasteiger partial charge in [0.2, 0.25) is 0 Å². The van der Waals surface area contributed by atoms with Crippen molar-refractivity contribution in [2.24, 2.45) is 0 Å². The first-order chi connectivity index (χ1) is 9.58. The molecule has 0 spiro atoms. The molecule has 0 unspecified atom stereocenters. The Balaban J connectivity index is 1.80. The highest BCUT2D eigenvalue weighted by molar-refractivity contribution is 6.21. The highest BCUT2D eigenvalue weighted by Gasteiger charge is 2.34. The Bertz CT molecular complexity index is 722. The van der Waals surface area contributed by atoms with E-state index in [1.165, 1.54) is 15.6 Å². The van der Waals surface area contributed by atoms with Crippen molar-refractivity contribution < 1.29 is 9.59 Å². The Morgan fingerprint density at radius 1 is 1.00 bits per heavy atom. The number of hydrogen-bond acceptors (Lipinski definition) is 3. The van der Waals surface area contributed by atoms with Crippen LogP contribution in [0.2, 0.25) is 0 Å². The molecule has 2 heterocycles. The van der Waals surface area contributed by atoms with Gasteiger partial charge < -0.3 is 0 Å². The number of aromatic amines is 1. The number of amides is 2. The van der Waals surface area contributed by atoms with E-state index in [1.807, 2.05) is 0 Å². The van der Waals surface area contributed by atoms with Gasteiger partial charge in [-0.05, 0) is 19.1 Å². The number of aromatic nitrogens is 2. The molecular formula is C14H13N3O3. The minimum Gasteiger partial charge on any atom is -0.300 e. The van der Waals surface area contributed by atoms with Gasteiger partial charge in [-0.1, -0.05) is 12.1 Å². The molecule has 102 valence electrons. The zero-order valence-electron chi connectivity index (χ0n) is 10.9. The molecule has 0 radical (unpaired) electrons. The van der Waals surface area contributed by atoms with Gasteiger partial charge in [-0.3, -0.25) is 29.1 Å². The van der Waals surface area contributed by atoms with Crippen molar-refractivity contribution in [3.05, 3.63) is 57.5 Å². The van der Waals surface area contributed by atoms with Crippen molar-refractivity contribution >= 4 is 11.8 Å². The number of H-pyrrole nitrogens is 1. The molecule has 1 aliphatic rings. The molecular weight excluding hydrogens is 258 g/mol. The number of carbonyl (C=O) groups excluding carboxylic acids is 2. The van der Waals surface area contributed by atoms with Crippen LogP contribution >= 0.6 is 0 Å². The quantitative estimate of drug-likeness (QED) is 0.838. The molecule has 1 aliphatic heterocycles. The Kier molecular flexibility index (Phi) is 2.78. The highest BCUT2D eigenvalue weighted by Crippen LogP contribution is 2.21. The van der Waals surface area contributed by atoms with Crippen LogP contribution in [0.1, 0.15) is 26.4 Å². The zero-order valence-corrected chi connectivity index (χ0v) is 10.9. The zero-order chi connectivity index (χ0) is 14.3. The predicted molar refractivity (Wildman–Crippen MR) is 71.6 cm³/mol. The number of rotatable bonds is 3. The molecule has 0 aliphatic carbocycles. The van der Waals surface area contributed by atoms with Gasteiger partial charge in [0.25, 0.3) is 17.4 Å². The summed E-state index contributed by atoms with van der Waals surface area (Å²) in [6, 6.07) is 8.21. The second kappa shape index (κ2) is 4.48. The molecule has 1 N–H and O–H groups in total. The van der Waals surface area contributed by atoms with Crippen molar-refractivity contribution in [3.63, 3.8) is 0 Å². The molecule has 0 fully saturated rings. The van der Waals surface area contributed by atoms with E-state index in [4.69, 9.17) is 0 Å². The molecule has 0 atom stereocenters. The molecule has 3 rings (SSSR count). The lowest BCUT2D eigenvalue weighted by Gasteiger charge is -2.13. The van der Waals surface area contributed by atoms with Crippen LogP contribution in [0.25, 0.3) is 0 Å². The maximum absolute atomic E-state index is 12.1. The van der Waals surface area contributed by atoms with Crippen LogP contribution in [0.15, 0.2) is 35.1 Å². The summed E-state index contributed by atoms with van der Waals surface area (Å²) in [4.78, 5) is 37.0. The van der Waals surface area contributed by atoms with Crippen LogP contribution in [0.4, 0.5) is 0 Å². The molecule has 0 saturated carbocycles. The number of imide groups is 1. The summed E-state index contributed by atoms with van der Waals surface area (Å²) in [6.45, 7) is 2.21. The number of nitrogens with zero attached hydrogens (tertiary/aromatic N) is 2. The Hall–Kier alpha value is -2.63. The average molecular weight is 271 g/mol. The first-order valence-electron chi connectivity index (χ1n) is 6.29. The van der Waals surface area contributed by atoms with E-state index >= 15 is 0 Å². The lowest BCUT2D eigenvalue weighted by molar-refractivity contribution is 0.0647. The average Bonchev–Trinajstić information content (AvgIpc) is 2.87. The van der Waals surface area contributed by atoms with Gasteiger partial charge in [0.15, 0.2) is 0 Å². The van der Waals surface area contributed by atoms with Crippen molar-refractivity contribution in [1.29, 1.82) is 0 Å². The second-order valence-corrected chi connectivity index (χ2v) is 4.74. The summed E-state index contributed by atoms with van der Waals surface area (Å²) in [7, 11) is 0. The summed E-state index contributed by atoms with van der Waals surface area (Å²) in [5.41, 5.74) is 1.43. The Labute approximate surface area is 114 Å². The molecule has 1 aromatic carbocycles. The van der Waals surface area contributed by atoms with Gasteiger partial charge in [-0.25, -0.2) is 0 Å². The van der Waals surface area contributed by atoms with Gasteiger partial charge in [-0.15, -0.1) is 0 Å². The van der Waals surface area contributed by atoms with Gasteiger partial charge in [-0.2, -0.15) is 0 Å². The Morgan fingerprint density at radius 2 is 1.60 bits per heavy atom. The SMILES string of the molecule is Cc1cc(=O)n(CCN2C(=O)c3ccccc3C2=O)[nH]1. The number of carbonyl (C=O) groups is 2. The molecule has 6 nitrogen and oxygen atoms in total. The van der Waals surface area contributed by atoms with Crippen LogP contribution in [0.5, 0.6) is 0 Å². The first-order valence-corrected chi connectivity index (χ1v) is 6.29. The van der Waals surface area contributed by atoms with Crippen LogP contribution in [-0.2, 0) is 6.54 Å². The highest BCUT2D eigenvalue weighted by atomic mass is 16.2. The van der Waals surface area contributed by atoms with Crippen molar-refractivity contribution in [3.8, 4) is 0 Å². The minimum absolute atomic E-state index is 0.167. The van der Waals surface area contributed by atoms with E-state index in [-0.39, 0.29) is 30.5 Å². The lowest BCUT2D eigenvalue weighted by atomic mass is 10.1.